The van der Waals surface area contributed by atoms with E-state index in [4.69, 9.17) is 4.74 Å². The maximum absolute atomic E-state index is 12.4. The molecule has 23 heavy (non-hydrogen) atoms. The van der Waals surface area contributed by atoms with Crippen LogP contribution in [0.25, 0.3) is 10.6 Å². The molecule has 1 fully saturated rings. The van der Waals surface area contributed by atoms with Crippen LogP contribution in [-0.2, 0) is 4.74 Å². The summed E-state index contributed by atoms with van der Waals surface area (Å²) in [5, 5.41) is 5.68. The normalized spacial score (nSPS) is 16.9. The van der Waals surface area contributed by atoms with Crippen LogP contribution in [0.3, 0.4) is 0 Å². The SMILES string of the molecule is COC1(CNC(=O)c2csc(-c3ccccc3)n2)CCSCC1. The third kappa shape index (κ3) is 3.94. The lowest BCUT2D eigenvalue weighted by Gasteiger charge is -2.35. The van der Waals surface area contributed by atoms with Crippen LogP contribution in [0.4, 0.5) is 0 Å². The largest absolute Gasteiger partial charge is 0.376 e. The van der Waals surface area contributed by atoms with Gasteiger partial charge in [0.25, 0.3) is 5.91 Å². The van der Waals surface area contributed by atoms with E-state index < -0.39 is 0 Å². The van der Waals surface area contributed by atoms with Gasteiger partial charge in [0.2, 0.25) is 0 Å². The Morgan fingerprint density at radius 3 is 2.74 bits per heavy atom. The van der Waals surface area contributed by atoms with E-state index in [2.05, 4.69) is 10.3 Å². The molecule has 2 heterocycles. The summed E-state index contributed by atoms with van der Waals surface area (Å²) in [6, 6.07) is 9.91. The van der Waals surface area contributed by atoms with Gasteiger partial charge in [0.05, 0.1) is 5.60 Å². The molecule has 1 amide bonds. The van der Waals surface area contributed by atoms with E-state index in [1.165, 1.54) is 11.3 Å². The van der Waals surface area contributed by atoms with Crippen LogP contribution in [0.1, 0.15) is 23.3 Å². The number of ether oxygens (including phenoxy) is 1. The van der Waals surface area contributed by atoms with Gasteiger partial charge in [-0.05, 0) is 24.3 Å². The predicted molar refractivity (Wildman–Crippen MR) is 96.2 cm³/mol. The van der Waals surface area contributed by atoms with Crippen molar-refractivity contribution in [3.05, 3.63) is 41.4 Å². The summed E-state index contributed by atoms with van der Waals surface area (Å²) in [7, 11) is 1.73. The van der Waals surface area contributed by atoms with Gasteiger partial charge in [0.15, 0.2) is 0 Å². The van der Waals surface area contributed by atoms with Gasteiger partial charge in [0, 0.05) is 24.6 Å². The Morgan fingerprint density at radius 1 is 1.30 bits per heavy atom. The van der Waals surface area contributed by atoms with Crippen molar-refractivity contribution in [3.63, 3.8) is 0 Å². The molecule has 122 valence electrons. The van der Waals surface area contributed by atoms with Crippen molar-refractivity contribution in [2.45, 2.75) is 18.4 Å². The Hall–Kier alpha value is -1.37. The van der Waals surface area contributed by atoms with E-state index in [9.17, 15) is 4.79 Å². The average Bonchev–Trinajstić information content (AvgIpc) is 3.11. The lowest BCUT2D eigenvalue weighted by Crippen LogP contribution is -2.46. The standard InChI is InChI=1S/C17H20N2O2S2/c1-21-17(7-9-22-10-8-17)12-18-15(20)14-11-23-16(19-14)13-5-3-2-4-6-13/h2-6,11H,7-10,12H2,1H3,(H,18,20). The Morgan fingerprint density at radius 2 is 2.04 bits per heavy atom. The maximum atomic E-state index is 12.4. The van der Waals surface area contributed by atoms with Crippen molar-refractivity contribution in [2.75, 3.05) is 25.2 Å². The molecule has 2 aromatic rings. The lowest BCUT2D eigenvalue weighted by atomic mass is 9.96. The Balaban J connectivity index is 1.63. The second-order valence-corrected chi connectivity index (χ2v) is 7.67. The highest BCUT2D eigenvalue weighted by atomic mass is 32.2. The topological polar surface area (TPSA) is 51.2 Å². The molecule has 1 N–H and O–H groups in total. The highest BCUT2D eigenvalue weighted by molar-refractivity contribution is 7.99. The van der Waals surface area contributed by atoms with E-state index >= 15 is 0 Å². The molecule has 0 spiro atoms. The van der Waals surface area contributed by atoms with E-state index in [0.29, 0.717) is 12.2 Å². The van der Waals surface area contributed by atoms with Crippen LogP contribution in [-0.4, -0.2) is 41.7 Å². The number of carbonyl (C=O) groups excluding carboxylic acids is 1. The Bertz CT molecular complexity index is 652. The fraction of sp³-hybridized carbons (Fsp3) is 0.412. The third-order valence-corrected chi connectivity index (χ3v) is 6.04. The molecule has 1 saturated heterocycles. The van der Waals surface area contributed by atoms with Crippen molar-refractivity contribution >= 4 is 29.0 Å². The number of thiazole rings is 1. The van der Waals surface area contributed by atoms with Crippen LogP contribution >= 0.6 is 23.1 Å². The molecule has 0 saturated carbocycles. The molecule has 3 rings (SSSR count). The molecule has 1 aromatic heterocycles. The number of nitrogens with zero attached hydrogens (tertiary/aromatic N) is 1. The maximum Gasteiger partial charge on any atom is 0.270 e. The molecule has 0 aliphatic carbocycles. The Labute approximate surface area is 144 Å². The van der Waals surface area contributed by atoms with Gasteiger partial charge >= 0.3 is 0 Å². The first-order valence-electron chi connectivity index (χ1n) is 7.64. The average molecular weight is 348 g/mol. The van der Waals surface area contributed by atoms with Gasteiger partial charge in [-0.1, -0.05) is 30.3 Å². The zero-order valence-electron chi connectivity index (χ0n) is 13.1. The van der Waals surface area contributed by atoms with Crippen molar-refractivity contribution in [1.82, 2.24) is 10.3 Å². The van der Waals surface area contributed by atoms with Crippen LogP contribution < -0.4 is 5.32 Å². The van der Waals surface area contributed by atoms with Gasteiger partial charge in [-0.2, -0.15) is 11.8 Å². The van der Waals surface area contributed by atoms with E-state index in [1.807, 2.05) is 47.5 Å². The highest BCUT2D eigenvalue weighted by Crippen LogP contribution is 2.29. The molecule has 0 bridgehead atoms. The number of methoxy groups -OCH3 is 1. The number of hydrogen-bond donors (Lipinski definition) is 1. The first-order valence-corrected chi connectivity index (χ1v) is 9.68. The molecule has 0 unspecified atom stereocenters. The minimum Gasteiger partial charge on any atom is -0.376 e. The van der Waals surface area contributed by atoms with Gasteiger partial charge < -0.3 is 10.1 Å². The zero-order valence-corrected chi connectivity index (χ0v) is 14.7. The van der Waals surface area contributed by atoms with Gasteiger partial charge in [-0.15, -0.1) is 11.3 Å². The van der Waals surface area contributed by atoms with Crippen molar-refractivity contribution < 1.29 is 9.53 Å². The predicted octanol–water partition coefficient (Wildman–Crippen LogP) is 3.45. The summed E-state index contributed by atoms with van der Waals surface area (Å²) in [5.41, 5.74) is 1.29. The summed E-state index contributed by atoms with van der Waals surface area (Å²) in [4.78, 5) is 16.8. The van der Waals surface area contributed by atoms with Crippen LogP contribution in [0.5, 0.6) is 0 Å². The third-order valence-electron chi connectivity index (χ3n) is 4.17. The number of thioether (sulfide) groups is 1. The minimum atomic E-state index is -0.223. The number of carbonyl (C=O) groups is 1. The summed E-state index contributed by atoms with van der Waals surface area (Å²) in [6.45, 7) is 0.543. The number of aromatic nitrogens is 1. The molecule has 0 atom stereocenters. The fourth-order valence-corrected chi connectivity index (χ4v) is 4.66. The number of hydrogen-bond acceptors (Lipinski definition) is 5. The summed E-state index contributed by atoms with van der Waals surface area (Å²) in [6.07, 6.45) is 1.95. The molecule has 1 aromatic carbocycles. The molecule has 0 radical (unpaired) electrons. The highest BCUT2D eigenvalue weighted by Gasteiger charge is 2.32. The smallest absolute Gasteiger partial charge is 0.270 e. The summed E-state index contributed by atoms with van der Waals surface area (Å²) in [5.74, 6) is 2.04. The van der Waals surface area contributed by atoms with Gasteiger partial charge in [0.1, 0.15) is 10.7 Å². The van der Waals surface area contributed by atoms with Gasteiger partial charge in [-0.25, -0.2) is 4.98 Å². The van der Waals surface area contributed by atoms with E-state index in [1.54, 1.807) is 7.11 Å². The van der Waals surface area contributed by atoms with Crippen molar-refractivity contribution in [2.24, 2.45) is 0 Å². The second-order valence-electron chi connectivity index (χ2n) is 5.59. The Kier molecular flexibility index (Phi) is 5.35. The monoisotopic (exact) mass is 348 g/mol. The number of nitrogens with one attached hydrogen (secondary N) is 1. The molecule has 6 heteroatoms. The second kappa shape index (κ2) is 7.47. The van der Waals surface area contributed by atoms with Crippen molar-refractivity contribution in [3.8, 4) is 10.6 Å². The quantitative estimate of drug-likeness (QED) is 0.899. The first-order chi connectivity index (χ1) is 11.2. The van der Waals surface area contributed by atoms with E-state index in [0.717, 1.165) is 34.9 Å². The molecule has 4 nitrogen and oxygen atoms in total. The summed E-state index contributed by atoms with van der Waals surface area (Å²) < 4.78 is 5.69. The zero-order chi connectivity index (χ0) is 16.1. The number of rotatable bonds is 5. The molecular weight excluding hydrogens is 328 g/mol. The lowest BCUT2D eigenvalue weighted by molar-refractivity contribution is -0.0150. The van der Waals surface area contributed by atoms with E-state index in [-0.39, 0.29) is 11.5 Å². The van der Waals surface area contributed by atoms with Crippen LogP contribution in [0.2, 0.25) is 0 Å². The van der Waals surface area contributed by atoms with Gasteiger partial charge in [-0.3, -0.25) is 4.79 Å². The number of amides is 1. The molecular formula is C17H20N2O2S2. The summed E-state index contributed by atoms with van der Waals surface area (Å²) >= 11 is 3.43. The first kappa shape index (κ1) is 16.5. The fourth-order valence-electron chi connectivity index (χ4n) is 2.62. The molecule has 1 aliphatic heterocycles. The minimum absolute atomic E-state index is 0.127. The van der Waals surface area contributed by atoms with Crippen LogP contribution in [0, 0.1) is 0 Å². The van der Waals surface area contributed by atoms with Crippen LogP contribution in [0.15, 0.2) is 35.7 Å². The number of benzene rings is 1. The van der Waals surface area contributed by atoms with Crippen molar-refractivity contribution in [1.29, 1.82) is 0 Å². The molecule has 1 aliphatic rings.